The molecule has 1 aromatic rings. The zero-order valence-corrected chi connectivity index (χ0v) is 11.5. The summed E-state index contributed by atoms with van der Waals surface area (Å²) in [7, 11) is 0. The van der Waals surface area contributed by atoms with Crippen molar-refractivity contribution in [3.63, 3.8) is 0 Å². The normalized spacial score (nSPS) is 22.4. The molecule has 0 spiro atoms. The first-order valence-electron chi connectivity index (χ1n) is 6.90. The molecule has 20 heavy (non-hydrogen) atoms. The van der Waals surface area contributed by atoms with Crippen LogP contribution < -0.4 is 0 Å². The number of nitrogens with zero attached hydrogens (tertiary/aromatic N) is 3. The number of unbranched alkanes of at least 4 members (excludes halogenated alkanes) is 2. The smallest absolute Gasteiger partial charge is 0.234 e. The van der Waals surface area contributed by atoms with E-state index in [-0.39, 0.29) is 11.4 Å². The summed E-state index contributed by atoms with van der Waals surface area (Å²) >= 11 is 0. The van der Waals surface area contributed by atoms with E-state index >= 15 is 0 Å². The molecule has 0 unspecified atom stereocenters. The molecule has 0 amide bonds. The molecule has 2 rings (SSSR count). The number of nitriles is 1. The molecular formula is C14H18FN3O2. The minimum absolute atomic E-state index is 0.149. The van der Waals surface area contributed by atoms with E-state index in [2.05, 4.69) is 16.9 Å². The summed E-state index contributed by atoms with van der Waals surface area (Å²) in [6.45, 7) is 3.26. The lowest BCUT2D eigenvalue weighted by Crippen LogP contribution is -2.28. The van der Waals surface area contributed by atoms with Gasteiger partial charge in [0.25, 0.3) is 0 Å². The van der Waals surface area contributed by atoms with Crippen molar-refractivity contribution in [2.45, 2.75) is 38.9 Å². The molecular weight excluding hydrogens is 261 g/mol. The number of hydrogen-bond acceptors (Lipinski definition) is 5. The molecule has 0 N–H and O–H groups in total. The molecule has 5 nitrogen and oxygen atoms in total. The Balaban J connectivity index is 1.89. The van der Waals surface area contributed by atoms with Gasteiger partial charge in [0.15, 0.2) is 6.29 Å². The molecule has 1 aromatic heterocycles. The van der Waals surface area contributed by atoms with Crippen LogP contribution in [0, 0.1) is 23.2 Å². The SMILES string of the molecule is CCCCCC1COC(c2cnc(C#N)nc2F)OC1. The highest BCUT2D eigenvalue weighted by Gasteiger charge is 2.26. The summed E-state index contributed by atoms with van der Waals surface area (Å²) in [5.41, 5.74) is 0.149. The monoisotopic (exact) mass is 279 g/mol. The lowest BCUT2D eigenvalue weighted by atomic mass is 10.0. The van der Waals surface area contributed by atoms with Crippen molar-refractivity contribution < 1.29 is 13.9 Å². The quantitative estimate of drug-likeness (QED) is 0.612. The van der Waals surface area contributed by atoms with E-state index in [1.165, 1.54) is 19.0 Å². The average Bonchev–Trinajstić information content (AvgIpc) is 2.48. The Labute approximate surface area is 117 Å². The maximum absolute atomic E-state index is 13.7. The Morgan fingerprint density at radius 2 is 2.15 bits per heavy atom. The van der Waals surface area contributed by atoms with Crippen LogP contribution in [0.4, 0.5) is 4.39 Å². The first kappa shape index (κ1) is 14.8. The Morgan fingerprint density at radius 3 is 2.75 bits per heavy atom. The van der Waals surface area contributed by atoms with Crippen LogP contribution >= 0.6 is 0 Å². The van der Waals surface area contributed by atoms with Crippen molar-refractivity contribution in [2.24, 2.45) is 5.92 Å². The van der Waals surface area contributed by atoms with E-state index in [1.54, 1.807) is 6.07 Å². The number of rotatable bonds is 5. The molecule has 0 radical (unpaired) electrons. The molecule has 1 aliphatic heterocycles. The fourth-order valence-corrected chi connectivity index (χ4v) is 2.15. The van der Waals surface area contributed by atoms with Crippen molar-refractivity contribution in [3.8, 4) is 6.07 Å². The predicted molar refractivity (Wildman–Crippen MR) is 69.0 cm³/mol. The van der Waals surface area contributed by atoms with Crippen LogP contribution in [0.5, 0.6) is 0 Å². The molecule has 0 atom stereocenters. The van der Waals surface area contributed by atoms with E-state index in [1.807, 2.05) is 0 Å². The summed E-state index contributed by atoms with van der Waals surface area (Å²) in [5, 5.41) is 8.60. The van der Waals surface area contributed by atoms with Crippen molar-refractivity contribution in [3.05, 3.63) is 23.5 Å². The molecule has 0 bridgehead atoms. The van der Waals surface area contributed by atoms with Crippen LogP contribution in [0.3, 0.4) is 0 Å². The fourth-order valence-electron chi connectivity index (χ4n) is 2.15. The topological polar surface area (TPSA) is 68.0 Å². The predicted octanol–water partition coefficient (Wildman–Crippen LogP) is 2.73. The Kier molecular flexibility index (Phi) is 5.39. The third-order valence-corrected chi connectivity index (χ3v) is 3.30. The number of hydrogen-bond donors (Lipinski definition) is 0. The maximum atomic E-state index is 13.7. The standard InChI is InChI=1S/C14H18FN3O2/c1-2-3-4-5-10-8-19-14(20-9-10)11-7-17-12(6-16)18-13(11)15/h7,10,14H,2-5,8-9H2,1H3. The third-order valence-electron chi connectivity index (χ3n) is 3.30. The van der Waals surface area contributed by atoms with Gasteiger partial charge in [-0.25, -0.2) is 4.98 Å². The molecule has 0 aromatic carbocycles. The van der Waals surface area contributed by atoms with Crippen LogP contribution in [0.1, 0.15) is 50.3 Å². The van der Waals surface area contributed by atoms with Gasteiger partial charge in [0, 0.05) is 12.1 Å². The van der Waals surface area contributed by atoms with Crippen LogP contribution in [-0.2, 0) is 9.47 Å². The van der Waals surface area contributed by atoms with Crippen molar-refractivity contribution in [1.82, 2.24) is 9.97 Å². The highest BCUT2D eigenvalue weighted by Crippen LogP contribution is 2.27. The summed E-state index contributed by atoms with van der Waals surface area (Å²) in [6, 6.07) is 1.69. The van der Waals surface area contributed by atoms with Crippen LogP contribution in [0.25, 0.3) is 0 Å². The van der Waals surface area contributed by atoms with Gasteiger partial charge in [-0.15, -0.1) is 0 Å². The second-order valence-corrected chi connectivity index (χ2v) is 4.91. The summed E-state index contributed by atoms with van der Waals surface area (Å²) in [4.78, 5) is 7.19. The Hall–Kier alpha value is -1.58. The van der Waals surface area contributed by atoms with E-state index in [4.69, 9.17) is 14.7 Å². The van der Waals surface area contributed by atoms with Gasteiger partial charge in [-0.3, -0.25) is 0 Å². The van der Waals surface area contributed by atoms with Gasteiger partial charge in [-0.2, -0.15) is 14.6 Å². The number of ether oxygens (including phenoxy) is 2. The number of halogens is 1. The molecule has 1 saturated heterocycles. The van der Waals surface area contributed by atoms with Crippen molar-refractivity contribution in [2.75, 3.05) is 13.2 Å². The fraction of sp³-hybridized carbons (Fsp3) is 0.643. The first-order chi connectivity index (χ1) is 9.74. The minimum atomic E-state index is -0.773. The maximum Gasteiger partial charge on any atom is 0.234 e. The number of aromatic nitrogens is 2. The lowest BCUT2D eigenvalue weighted by molar-refractivity contribution is -0.207. The third kappa shape index (κ3) is 3.71. The van der Waals surface area contributed by atoms with Gasteiger partial charge in [0.2, 0.25) is 11.8 Å². The van der Waals surface area contributed by atoms with Gasteiger partial charge in [-0.1, -0.05) is 26.2 Å². The zero-order chi connectivity index (χ0) is 14.4. The highest BCUT2D eigenvalue weighted by molar-refractivity contribution is 5.15. The average molecular weight is 279 g/mol. The molecule has 0 aliphatic carbocycles. The second kappa shape index (κ2) is 7.27. The summed E-state index contributed by atoms with van der Waals surface area (Å²) < 4.78 is 24.8. The van der Waals surface area contributed by atoms with Crippen LogP contribution in [-0.4, -0.2) is 23.2 Å². The van der Waals surface area contributed by atoms with E-state index in [0.29, 0.717) is 19.1 Å². The summed E-state index contributed by atoms with van der Waals surface area (Å²) in [6.07, 6.45) is 5.09. The molecule has 1 fully saturated rings. The molecule has 6 heteroatoms. The highest BCUT2D eigenvalue weighted by atomic mass is 19.1. The Bertz CT molecular complexity index is 482. The first-order valence-corrected chi connectivity index (χ1v) is 6.90. The van der Waals surface area contributed by atoms with Gasteiger partial charge >= 0.3 is 0 Å². The second-order valence-electron chi connectivity index (χ2n) is 4.91. The Morgan fingerprint density at radius 1 is 1.40 bits per heavy atom. The van der Waals surface area contributed by atoms with Crippen molar-refractivity contribution in [1.29, 1.82) is 5.26 Å². The lowest BCUT2D eigenvalue weighted by Gasteiger charge is -2.29. The van der Waals surface area contributed by atoms with Crippen molar-refractivity contribution >= 4 is 0 Å². The minimum Gasteiger partial charge on any atom is -0.348 e. The molecule has 2 heterocycles. The zero-order valence-electron chi connectivity index (χ0n) is 11.5. The summed E-state index contributed by atoms with van der Waals surface area (Å²) in [5.74, 6) is -0.592. The van der Waals surface area contributed by atoms with E-state index < -0.39 is 12.2 Å². The van der Waals surface area contributed by atoms with Gasteiger partial charge in [-0.05, 0) is 6.42 Å². The molecule has 1 aliphatic rings. The van der Waals surface area contributed by atoms with Crippen LogP contribution in [0.2, 0.25) is 0 Å². The largest absolute Gasteiger partial charge is 0.348 e. The molecule has 0 saturated carbocycles. The van der Waals surface area contributed by atoms with Gasteiger partial charge < -0.3 is 9.47 Å². The van der Waals surface area contributed by atoms with E-state index in [0.717, 1.165) is 12.8 Å². The molecule has 108 valence electrons. The van der Waals surface area contributed by atoms with E-state index in [9.17, 15) is 4.39 Å². The van der Waals surface area contributed by atoms with Crippen LogP contribution in [0.15, 0.2) is 6.20 Å². The van der Waals surface area contributed by atoms with Gasteiger partial charge in [0.05, 0.1) is 18.8 Å². The van der Waals surface area contributed by atoms with Gasteiger partial charge in [0.1, 0.15) is 6.07 Å².